The van der Waals surface area contributed by atoms with E-state index in [0.717, 1.165) is 0 Å². The van der Waals surface area contributed by atoms with Crippen molar-refractivity contribution in [1.82, 2.24) is 10.2 Å². The highest BCUT2D eigenvalue weighted by molar-refractivity contribution is 5.98. The van der Waals surface area contributed by atoms with Crippen LogP contribution in [0.5, 0.6) is 0 Å². The highest BCUT2D eigenvalue weighted by Crippen LogP contribution is 2.28. The lowest BCUT2D eigenvalue weighted by Crippen LogP contribution is -2.56. The van der Waals surface area contributed by atoms with Gasteiger partial charge in [-0.1, -0.05) is 20.8 Å². The van der Waals surface area contributed by atoms with E-state index >= 15 is 0 Å². The van der Waals surface area contributed by atoms with Crippen molar-refractivity contribution in [2.24, 2.45) is 5.41 Å². The van der Waals surface area contributed by atoms with E-state index in [9.17, 15) is 19.8 Å². The number of rotatable bonds is 4. The molecule has 7 heteroatoms. The zero-order valence-corrected chi connectivity index (χ0v) is 15.4. The molecule has 0 spiro atoms. The highest BCUT2D eigenvalue weighted by atomic mass is 16.3. The summed E-state index contributed by atoms with van der Waals surface area (Å²) in [5.74, 6) is -0.937. The molecule has 0 aromatic carbocycles. The molecule has 3 N–H and O–H groups in total. The van der Waals surface area contributed by atoms with Crippen LogP contribution < -0.4 is 5.32 Å². The van der Waals surface area contributed by atoms with Gasteiger partial charge in [0.2, 0.25) is 5.91 Å². The number of carbonyl (C=O) groups is 2. The van der Waals surface area contributed by atoms with Crippen molar-refractivity contribution in [2.75, 3.05) is 6.54 Å². The lowest BCUT2D eigenvalue weighted by Gasteiger charge is -2.35. The van der Waals surface area contributed by atoms with Gasteiger partial charge in [-0.25, -0.2) is 0 Å². The fourth-order valence-corrected chi connectivity index (χ4v) is 3.65. The van der Waals surface area contributed by atoms with Crippen LogP contribution in [0.15, 0.2) is 23.0 Å². The van der Waals surface area contributed by atoms with Crippen molar-refractivity contribution < 1.29 is 24.2 Å². The molecule has 1 aromatic heterocycles. The number of aliphatic hydroxyl groups is 2. The monoisotopic (exact) mass is 352 g/mol. The summed E-state index contributed by atoms with van der Waals surface area (Å²) in [5, 5.41) is 23.1. The van der Waals surface area contributed by atoms with Crippen LogP contribution in [0, 0.1) is 5.41 Å². The molecular formula is C18H28N2O5. The maximum absolute atomic E-state index is 12.8. The minimum absolute atomic E-state index is 0.00309. The lowest BCUT2D eigenvalue weighted by atomic mass is 9.81. The van der Waals surface area contributed by atoms with Crippen molar-refractivity contribution in [2.45, 2.75) is 64.8 Å². The Morgan fingerprint density at radius 3 is 2.44 bits per heavy atom. The second kappa shape index (κ2) is 6.80. The number of hydrogen-bond donors (Lipinski definition) is 3. The molecule has 1 fully saturated rings. The maximum Gasteiger partial charge on any atom is 0.257 e. The molecule has 1 aliphatic rings. The SMILES string of the molecule is CC(C)(C)CC(C)(C)NC(=O)C1[C@H](O)[C@@H](O)CN1C(=O)c1ccoc1. The fourth-order valence-electron chi connectivity index (χ4n) is 3.65. The van der Waals surface area contributed by atoms with Gasteiger partial charge in [0.15, 0.2) is 0 Å². The Morgan fingerprint density at radius 2 is 1.92 bits per heavy atom. The first-order valence-corrected chi connectivity index (χ1v) is 8.43. The van der Waals surface area contributed by atoms with E-state index in [4.69, 9.17) is 4.42 Å². The first-order valence-electron chi connectivity index (χ1n) is 8.43. The summed E-state index contributed by atoms with van der Waals surface area (Å²) < 4.78 is 4.91. The number of carbonyl (C=O) groups excluding carboxylic acids is 2. The molecular weight excluding hydrogens is 324 g/mol. The van der Waals surface area contributed by atoms with Crippen molar-refractivity contribution in [3.8, 4) is 0 Å². The largest absolute Gasteiger partial charge is 0.472 e. The number of likely N-dealkylation sites (tertiary alicyclic amines) is 1. The quantitative estimate of drug-likeness (QED) is 0.754. The Balaban J connectivity index is 2.18. The number of hydrogen-bond acceptors (Lipinski definition) is 5. The van der Waals surface area contributed by atoms with Crippen molar-refractivity contribution in [3.63, 3.8) is 0 Å². The Hall–Kier alpha value is -1.86. The molecule has 25 heavy (non-hydrogen) atoms. The number of nitrogens with zero attached hydrogens (tertiary/aromatic N) is 1. The molecule has 1 saturated heterocycles. The Morgan fingerprint density at radius 1 is 1.28 bits per heavy atom. The molecule has 140 valence electrons. The molecule has 1 unspecified atom stereocenters. The number of β-amino-alcohol motifs (C(OH)–C–C–N with tert-alkyl or cyclic N) is 1. The summed E-state index contributed by atoms with van der Waals surface area (Å²) in [7, 11) is 0. The van der Waals surface area contributed by atoms with Gasteiger partial charge in [0.05, 0.1) is 18.4 Å². The molecule has 0 bridgehead atoms. The maximum atomic E-state index is 12.8. The molecule has 3 atom stereocenters. The van der Waals surface area contributed by atoms with E-state index in [1.54, 1.807) is 0 Å². The van der Waals surface area contributed by atoms with Gasteiger partial charge in [0.1, 0.15) is 24.5 Å². The van der Waals surface area contributed by atoms with E-state index in [2.05, 4.69) is 26.1 Å². The van der Waals surface area contributed by atoms with E-state index in [0.29, 0.717) is 6.42 Å². The van der Waals surface area contributed by atoms with E-state index in [1.165, 1.54) is 23.5 Å². The zero-order valence-electron chi connectivity index (χ0n) is 15.4. The minimum atomic E-state index is -1.33. The smallest absolute Gasteiger partial charge is 0.257 e. The van der Waals surface area contributed by atoms with Crippen molar-refractivity contribution in [3.05, 3.63) is 24.2 Å². The van der Waals surface area contributed by atoms with Crippen LogP contribution in [0.2, 0.25) is 0 Å². The van der Waals surface area contributed by atoms with Crippen molar-refractivity contribution >= 4 is 11.8 Å². The van der Waals surface area contributed by atoms with Gasteiger partial charge in [-0.05, 0) is 31.7 Å². The second-order valence-electron chi connectivity index (χ2n) is 8.58. The van der Waals surface area contributed by atoms with Crippen LogP contribution in [0.3, 0.4) is 0 Å². The third-order valence-electron chi connectivity index (χ3n) is 4.17. The molecule has 2 amide bonds. The van der Waals surface area contributed by atoms with Crippen LogP contribution in [0.25, 0.3) is 0 Å². The average molecular weight is 352 g/mol. The summed E-state index contributed by atoms with van der Waals surface area (Å²) in [6.07, 6.45) is 0.848. The van der Waals surface area contributed by atoms with Gasteiger partial charge in [-0.15, -0.1) is 0 Å². The van der Waals surface area contributed by atoms with E-state index in [-0.39, 0.29) is 17.5 Å². The van der Waals surface area contributed by atoms with E-state index < -0.39 is 35.6 Å². The molecule has 2 rings (SSSR count). The molecule has 1 aliphatic heterocycles. The summed E-state index contributed by atoms with van der Waals surface area (Å²) in [5.41, 5.74) is -0.253. The van der Waals surface area contributed by atoms with Gasteiger partial charge in [-0.3, -0.25) is 9.59 Å². The van der Waals surface area contributed by atoms with Crippen LogP contribution in [-0.4, -0.2) is 57.3 Å². The summed E-state index contributed by atoms with van der Waals surface area (Å²) in [4.78, 5) is 26.6. The van der Waals surface area contributed by atoms with Crippen LogP contribution in [-0.2, 0) is 4.79 Å². The standard InChI is InChI=1S/C18H28N2O5/c1-17(2,3)10-18(4,5)19-15(23)13-14(22)12(21)8-20(13)16(24)11-6-7-25-9-11/h6-7,9,12-14,21-22H,8,10H2,1-5H3,(H,19,23)/t12-,13?,14+/m0/s1. The predicted octanol–water partition coefficient (Wildman–Crippen LogP) is 1.16. The fraction of sp³-hybridized carbons (Fsp3) is 0.667. The highest BCUT2D eigenvalue weighted by Gasteiger charge is 2.47. The van der Waals surface area contributed by atoms with Gasteiger partial charge in [-0.2, -0.15) is 0 Å². The zero-order chi connectivity index (χ0) is 19.0. The van der Waals surface area contributed by atoms with Gasteiger partial charge >= 0.3 is 0 Å². The van der Waals surface area contributed by atoms with Gasteiger partial charge < -0.3 is 24.8 Å². The number of furan rings is 1. The third kappa shape index (κ3) is 4.61. The average Bonchev–Trinajstić information content (AvgIpc) is 3.04. The first-order chi connectivity index (χ1) is 11.4. The predicted molar refractivity (Wildman–Crippen MR) is 91.8 cm³/mol. The second-order valence-corrected chi connectivity index (χ2v) is 8.58. The topological polar surface area (TPSA) is 103 Å². The molecule has 0 aliphatic carbocycles. The minimum Gasteiger partial charge on any atom is -0.472 e. The lowest BCUT2D eigenvalue weighted by molar-refractivity contribution is -0.129. The van der Waals surface area contributed by atoms with Crippen molar-refractivity contribution in [1.29, 1.82) is 0 Å². The normalized spacial score (nSPS) is 24.4. The summed E-state index contributed by atoms with van der Waals surface area (Å²) in [6, 6.07) is 0.342. The van der Waals surface area contributed by atoms with Crippen LogP contribution in [0.1, 0.15) is 51.4 Å². The Labute approximate surface area is 148 Å². The van der Waals surface area contributed by atoms with Crippen LogP contribution >= 0.6 is 0 Å². The number of aliphatic hydroxyl groups excluding tert-OH is 2. The Kier molecular flexibility index (Phi) is 5.30. The molecule has 1 aromatic rings. The summed E-state index contributed by atoms with van der Waals surface area (Å²) >= 11 is 0. The first kappa shape index (κ1) is 19.5. The van der Waals surface area contributed by atoms with Gasteiger partial charge in [0.25, 0.3) is 5.91 Å². The molecule has 7 nitrogen and oxygen atoms in total. The third-order valence-corrected chi connectivity index (χ3v) is 4.17. The number of nitrogens with one attached hydrogen (secondary N) is 1. The Bertz CT molecular complexity index is 618. The van der Waals surface area contributed by atoms with Crippen LogP contribution in [0.4, 0.5) is 0 Å². The summed E-state index contributed by atoms with van der Waals surface area (Å²) in [6.45, 7) is 9.91. The molecule has 0 saturated carbocycles. The van der Waals surface area contributed by atoms with E-state index in [1.807, 2.05) is 13.8 Å². The molecule has 0 radical (unpaired) electrons. The number of amides is 2. The van der Waals surface area contributed by atoms with Gasteiger partial charge in [0, 0.05) is 5.54 Å². The molecule has 2 heterocycles.